The molecule has 2 atom stereocenters. The summed E-state index contributed by atoms with van der Waals surface area (Å²) >= 11 is 0. The molecule has 1 aliphatic rings. The minimum Gasteiger partial charge on any atom is -0.313 e. The van der Waals surface area contributed by atoms with Gasteiger partial charge in [0, 0.05) is 6.04 Å². The minimum absolute atomic E-state index is 0.126. The molecule has 15 heavy (non-hydrogen) atoms. The molecule has 0 amide bonds. The summed E-state index contributed by atoms with van der Waals surface area (Å²) in [6.45, 7) is 9.49. The molecular weight excluding hydrogens is 210 g/mol. The van der Waals surface area contributed by atoms with Gasteiger partial charge >= 0.3 is 0 Å². The van der Waals surface area contributed by atoms with Gasteiger partial charge in [-0.15, -0.1) is 0 Å². The van der Waals surface area contributed by atoms with E-state index in [9.17, 15) is 8.42 Å². The van der Waals surface area contributed by atoms with E-state index in [1.165, 1.54) is 0 Å². The fraction of sp³-hybridized carbons (Fsp3) is 1.00. The standard InChI is InChI=1S/C11H23NO2S/c1-5-12-10(11(2,3)4)9-6-7-15(13,14)8-9/h9-10,12H,5-8H2,1-4H3. The number of hydrogen-bond donors (Lipinski definition) is 1. The molecule has 0 aromatic rings. The summed E-state index contributed by atoms with van der Waals surface area (Å²) in [5, 5.41) is 3.44. The van der Waals surface area contributed by atoms with E-state index in [-0.39, 0.29) is 11.3 Å². The van der Waals surface area contributed by atoms with Gasteiger partial charge in [-0.2, -0.15) is 0 Å². The zero-order chi connectivity index (χ0) is 11.7. The van der Waals surface area contributed by atoms with Crippen molar-refractivity contribution >= 4 is 9.84 Å². The highest BCUT2D eigenvalue weighted by atomic mass is 32.2. The number of rotatable bonds is 3. The van der Waals surface area contributed by atoms with Crippen LogP contribution in [0, 0.1) is 11.3 Å². The Hall–Kier alpha value is -0.0900. The van der Waals surface area contributed by atoms with E-state index in [0.29, 0.717) is 17.5 Å². The van der Waals surface area contributed by atoms with E-state index in [1.54, 1.807) is 0 Å². The van der Waals surface area contributed by atoms with Crippen molar-refractivity contribution in [2.24, 2.45) is 11.3 Å². The Morgan fingerprint density at radius 3 is 2.33 bits per heavy atom. The van der Waals surface area contributed by atoms with Crippen LogP contribution >= 0.6 is 0 Å². The SMILES string of the molecule is CCNC(C1CCS(=O)(=O)C1)C(C)(C)C. The van der Waals surface area contributed by atoms with Crippen LogP contribution in [0.25, 0.3) is 0 Å². The van der Waals surface area contributed by atoms with Crippen molar-refractivity contribution in [3.05, 3.63) is 0 Å². The third-order valence-corrected chi connectivity index (χ3v) is 4.89. The van der Waals surface area contributed by atoms with Crippen molar-refractivity contribution in [3.8, 4) is 0 Å². The second-order valence-corrected chi connectivity index (χ2v) is 7.79. The van der Waals surface area contributed by atoms with Crippen LogP contribution in [0.1, 0.15) is 34.1 Å². The van der Waals surface area contributed by atoms with Gasteiger partial charge in [0.1, 0.15) is 0 Å². The summed E-state index contributed by atoms with van der Waals surface area (Å²) in [6.07, 6.45) is 0.817. The van der Waals surface area contributed by atoms with E-state index in [2.05, 4.69) is 33.0 Å². The molecule has 1 rings (SSSR count). The Kier molecular flexibility index (Phi) is 3.82. The van der Waals surface area contributed by atoms with Gasteiger partial charge in [-0.3, -0.25) is 0 Å². The van der Waals surface area contributed by atoms with Gasteiger partial charge in [0.05, 0.1) is 11.5 Å². The number of hydrogen-bond acceptors (Lipinski definition) is 3. The Bertz CT molecular complexity index is 303. The number of sulfone groups is 1. The van der Waals surface area contributed by atoms with Gasteiger partial charge in [0.15, 0.2) is 9.84 Å². The highest BCUT2D eigenvalue weighted by Crippen LogP contribution is 2.32. The quantitative estimate of drug-likeness (QED) is 0.802. The van der Waals surface area contributed by atoms with Gasteiger partial charge in [0.25, 0.3) is 0 Å². The first-order valence-electron chi connectivity index (χ1n) is 5.70. The Labute approximate surface area is 93.6 Å². The van der Waals surface area contributed by atoms with Gasteiger partial charge in [-0.25, -0.2) is 8.42 Å². The Morgan fingerprint density at radius 1 is 1.40 bits per heavy atom. The van der Waals surface area contributed by atoms with Crippen molar-refractivity contribution in [2.75, 3.05) is 18.1 Å². The first-order valence-corrected chi connectivity index (χ1v) is 7.52. The maximum absolute atomic E-state index is 11.4. The van der Waals surface area contributed by atoms with E-state index in [1.807, 2.05) is 0 Å². The predicted octanol–water partition coefficient (Wildman–Crippen LogP) is 1.45. The third kappa shape index (κ3) is 3.45. The van der Waals surface area contributed by atoms with E-state index >= 15 is 0 Å². The smallest absolute Gasteiger partial charge is 0.150 e. The molecule has 1 fully saturated rings. The monoisotopic (exact) mass is 233 g/mol. The van der Waals surface area contributed by atoms with Crippen LogP contribution in [0.15, 0.2) is 0 Å². The van der Waals surface area contributed by atoms with Crippen LogP contribution in [0.5, 0.6) is 0 Å². The molecule has 1 N–H and O–H groups in total. The first kappa shape index (κ1) is 13.0. The average molecular weight is 233 g/mol. The minimum atomic E-state index is -2.76. The van der Waals surface area contributed by atoms with Crippen LogP contribution in [0.3, 0.4) is 0 Å². The normalized spacial score (nSPS) is 27.9. The lowest BCUT2D eigenvalue weighted by atomic mass is 9.78. The fourth-order valence-corrected chi connectivity index (χ4v) is 4.33. The predicted molar refractivity (Wildman–Crippen MR) is 63.7 cm³/mol. The molecule has 0 aromatic heterocycles. The molecule has 0 bridgehead atoms. The molecule has 0 aliphatic carbocycles. The zero-order valence-corrected chi connectivity index (χ0v) is 11.0. The van der Waals surface area contributed by atoms with Crippen LogP contribution in [-0.4, -0.2) is 32.5 Å². The average Bonchev–Trinajstić information content (AvgIpc) is 2.39. The number of nitrogens with one attached hydrogen (secondary N) is 1. The molecule has 2 unspecified atom stereocenters. The molecule has 1 heterocycles. The molecule has 0 radical (unpaired) electrons. The lowest BCUT2D eigenvalue weighted by molar-refractivity contribution is 0.208. The summed E-state index contributed by atoms with van der Waals surface area (Å²) in [4.78, 5) is 0. The molecular formula is C11H23NO2S. The van der Waals surface area contributed by atoms with E-state index < -0.39 is 9.84 Å². The van der Waals surface area contributed by atoms with Crippen molar-refractivity contribution in [1.29, 1.82) is 0 Å². The molecule has 0 spiro atoms. The van der Waals surface area contributed by atoms with Crippen LogP contribution < -0.4 is 5.32 Å². The molecule has 0 aromatic carbocycles. The molecule has 0 saturated carbocycles. The van der Waals surface area contributed by atoms with Crippen molar-refractivity contribution in [2.45, 2.75) is 40.2 Å². The Morgan fingerprint density at radius 2 is 2.00 bits per heavy atom. The summed E-state index contributed by atoms with van der Waals surface area (Å²) < 4.78 is 22.9. The second-order valence-electron chi connectivity index (χ2n) is 5.56. The molecule has 90 valence electrons. The summed E-state index contributed by atoms with van der Waals surface area (Å²) in [5.41, 5.74) is 0.126. The summed E-state index contributed by atoms with van der Waals surface area (Å²) in [5.74, 6) is 1.02. The molecule has 1 aliphatic heterocycles. The van der Waals surface area contributed by atoms with Crippen molar-refractivity contribution in [1.82, 2.24) is 5.32 Å². The van der Waals surface area contributed by atoms with Gasteiger partial charge in [-0.05, 0) is 24.3 Å². The topological polar surface area (TPSA) is 46.2 Å². The molecule has 1 saturated heterocycles. The lowest BCUT2D eigenvalue weighted by Gasteiger charge is -2.35. The fourth-order valence-electron chi connectivity index (χ4n) is 2.49. The van der Waals surface area contributed by atoms with Gasteiger partial charge < -0.3 is 5.32 Å². The molecule has 4 heteroatoms. The maximum Gasteiger partial charge on any atom is 0.150 e. The maximum atomic E-state index is 11.4. The summed E-state index contributed by atoms with van der Waals surface area (Å²) in [6, 6.07) is 0.305. The van der Waals surface area contributed by atoms with Gasteiger partial charge in [0.2, 0.25) is 0 Å². The highest BCUT2D eigenvalue weighted by molar-refractivity contribution is 7.91. The molecule has 3 nitrogen and oxygen atoms in total. The zero-order valence-electron chi connectivity index (χ0n) is 10.2. The van der Waals surface area contributed by atoms with Crippen LogP contribution in [0.4, 0.5) is 0 Å². The lowest BCUT2D eigenvalue weighted by Crippen LogP contribution is -2.46. The van der Waals surface area contributed by atoms with Crippen LogP contribution in [0.2, 0.25) is 0 Å². The van der Waals surface area contributed by atoms with Gasteiger partial charge in [-0.1, -0.05) is 27.7 Å². The highest BCUT2D eigenvalue weighted by Gasteiger charge is 2.38. The Balaban J connectivity index is 2.75. The summed E-state index contributed by atoms with van der Waals surface area (Å²) in [7, 11) is -2.76. The largest absolute Gasteiger partial charge is 0.313 e. The van der Waals surface area contributed by atoms with E-state index in [0.717, 1.165) is 13.0 Å². The van der Waals surface area contributed by atoms with E-state index in [4.69, 9.17) is 0 Å². The second kappa shape index (κ2) is 4.42. The van der Waals surface area contributed by atoms with Crippen LogP contribution in [-0.2, 0) is 9.84 Å². The van der Waals surface area contributed by atoms with Crippen molar-refractivity contribution in [3.63, 3.8) is 0 Å². The van der Waals surface area contributed by atoms with Crippen molar-refractivity contribution < 1.29 is 8.42 Å². The first-order chi connectivity index (χ1) is 6.76. The third-order valence-electron chi connectivity index (χ3n) is 3.10.